The average molecular weight is 233 g/mol. The Kier molecular flexibility index (Phi) is 2.11. The van der Waals surface area contributed by atoms with E-state index in [1.54, 1.807) is 0 Å². The summed E-state index contributed by atoms with van der Waals surface area (Å²) in [5, 5.41) is 9.23. The van der Waals surface area contributed by atoms with E-state index in [1.165, 1.54) is 0 Å². The summed E-state index contributed by atoms with van der Waals surface area (Å²) < 4.78 is 0. The Bertz CT molecular complexity index is 735. The van der Waals surface area contributed by atoms with E-state index < -0.39 is 0 Å². The maximum Gasteiger partial charge on any atom is 0.194 e. The van der Waals surface area contributed by atoms with Gasteiger partial charge in [0.05, 0.1) is 11.6 Å². The van der Waals surface area contributed by atoms with E-state index in [-0.39, 0.29) is 5.78 Å². The van der Waals surface area contributed by atoms with E-state index in [0.717, 1.165) is 22.3 Å². The zero-order chi connectivity index (χ0) is 12.9. The molecule has 2 aromatic rings. The molecule has 2 aromatic carbocycles. The van der Waals surface area contributed by atoms with Crippen LogP contribution in [0.2, 0.25) is 0 Å². The van der Waals surface area contributed by atoms with Gasteiger partial charge >= 0.3 is 0 Å². The number of carbonyl (C=O) groups is 1. The Labute approximate surface area is 105 Å². The van der Waals surface area contributed by atoms with Gasteiger partial charge in [0.25, 0.3) is 0 Å². The molecule has 0 spiro atoms. The third-order valence-electron chi connectivity index (χ3n) is 3.34. The minimum atomic E-state index is 0.0314. The van der Waals surface area contributed by atoms with Crippen LogP contribution >= 0.6 is 0 Å². The molecule has 18 heavy (non-hydrogen) atoms. The van der Waals surface area contributed by atoms with Gasteiger partial charge in [-0.05, 0) is 43.2 Å². The summed E-state index contributed by atoms with van der Waals surface area (Å²) in [6.07, 6.45) is 0. The molecule has 2 nitrogen and oxygen atoms in total. The first kappa shape index (κ1) is 10.7. The summed E-state index contributed by atoms with van der Waals surface area (Å²) in [5.74, 6) is 0.0314. The van der Waals surface area contributed by atoms with Gasteiger partial charge in [-0.15, -0.1) is 0 Å². The van der Waals surface area contributed by atoms with Crippen molar-refractivity contribution in [3.8, 4) is 17.2 Å². The Morgan fingerprint density at radius 1 is 0.944 bits per heavy atom. The number of fused-ring (bicyclic) bond motifs is 3. The molecule has 0 saturated carbocycles. The fourth-order valence-electron chi connectivity index (χ4n) is 2.55. The number of hydrogen-bond acceptors (Lipinski definition) is 2. The lowest BCUT2D eigenvalue weighted by atomic mass is 9.97. The van der Waals surface area contributed by atoms with Crippen LogP contribution in [0.5, 0.6) is 0 Å². The van der Waals surface area contributed by atoms with Gasteiger partial charge in [0.2, 0.25) is 0 Å². The van der Waals surface area contributed by atoms with Crippen molar-refractivity contribution in [2.75, 3.05) is 0 Å². The normalized spacial score (nSPS) is 11.9. The second-order valence-corrected chi connectivity index (χ2v) is 4.73. The lowest BCUT2D eigenvalue weighted by Crippen LogP contribution is -1.96. The second-order valence-electron chi connectivity index (χ2n) is 4.73. The number of carbonyl (C=O) groups excluding carboxylic acids is 1. The smallest absolute Gasteiger partial charge is 0.194 e. The largest absolute Gasteiger partial charge is 0.289 e. The quantitative estimate of drug-likeness (QED) is 0.597. The van der Waals surface area contributed by atoms with E-state index in [4.69, 9.17) is 0 Å². The molecule has 0 bridgehead atoms. The number of hydrogen-bond donors (Lipinski definition) is 0. The molecule has 0 amide bonds. The highest BCUT2D eigenvalue weighted by atomic mass is 16.1. The molecule has 2 heteroatoms. The highest BCUT2D eigenvalue weighted by Crippen LogP contribution is 2.39. The van der Waals surface area contributed by atoms with Crippen molar-refractivity contribution in [3.63, 3.8) is 0 Å². The molecule has 0 saturated heterocycles. The Morgan fingerprint density at radius 3 is 2.39 bits per heavy atom. The predicted molar refractivity (Wildman–Crippen MR) is 69.5 cm³/mol. The second kappa shape index (κ2) is 3.54. The fourth-order valence-corrected chi connectivity index (χ4v) is 2.55. The number of rotatable bonds is 0. The fraction of sp³-hybridized carbons (Fsp3) is 0.125. The van der Waals surface area contributed by atoms with Crippen LogP contribution in [0.15, 0.2) is 30.3 Å². The van der Waals surface area contributed by atoms with Crippen LogP contribution in [0.25, 0.3) is 11.1 Å². The number of ketones is 1. The standard InChI is InChI=1S/C16H11NO/c1-9-3-4-12-13(6-9)16(18)14-7-10(2)5-11(8-17)15(12)14/h3-7H,1-2H3. The van der Waals surface area contributed by atoms with Gasteiger partial charge in [-0.2, -0.15) is 5.26 Å². The summed E-state index contributed by atoms with van der Waals surface area (Å²) in [4.78, 5) is 12.4. The first-order valence-corrected chi connectivity index (χ1v) is 5.82. The monoisotopic (exact) mass is 233 g/mol. The number of nitriles is 1. The molecular weight excluding hydrogens is 222 g/mol. The predicted octanol–water partition coefficient (Wildman–Crippen LogP) is 3.39. The average Bonchev–Trinajstić information content (AvgIpc) is 2.62. The van der Waals surface area contributed by atoms with Gasteiger partial charge in [-0.3, -0.25) is 4.79 Å². The summed E-state index contributed by atoms with van der Waals surface area (Å²) >= 11 is 0. The minimum absolute atomic E-state index is 0.0314. The molecule has 0 atom stereocenters. The van der Waals surface area contributed by atoms with Crippen molar-refractivity contribution in [2.24, 2.45) is 0 Å². The van der Waals surface area contributed by atoms with Gasteiger partial charge in [0.1, 0.15) is 0 Å². The lowest BCUT2D eigenvalue weighted by molar-refractivity contribution is 0.104. The molecule has 86 valence electrons. The van der Waals surface area contributed by atoms with Crippen LogP contribution in [0.3, 0.4) is 0 Å². The van der Waals surface area contributed by atoms with Crippen molar-refractivity contribution >= 4 is 5.78 Å². The van der Waals surface area contributed by atoms with Crippen molar-refractivity contribution in [1.29, 1.82) is 5.26 Å². The molecule has 1 aliphatic rings. The zero-order valence-electron chi connectivity index (χ0n) is 10.2. The number of benzene rings is 2. The van der Waals surface area contributed by atoms with Crippen LogP contribution in [0, 0.1) is 25.2 Å². The van der Waals surface area contributed by atoms with Gasteiger partial charge in [-0.1, -0.05) is 17.7 Å². The highest BCUT2D eigenvalue weighted by Gasteiger charge is 2.29. The zero-order valence-corrected chi connectivity index (χ0v) is 10.2. The third kappa shape index (κ3) is 1.31. The Morgan fingerprint density at radius 2 is 1.67 bits per heavy atom. The summed E-state index contributed by atoms with van der Waals surface area (Å²) in [5.41, 5.74) is 5.65. The lowest BCUT2D eigenvalue weighted by Gasteiger charge is -2.04. The SMILES string of the molecule is Cc1ccc2c(c1)C(=O)c1cc(C)cc(C#N)c1-2. The van der Waals surface area contributed by atoms with Crippen molar-refractivity contribution in [1.82, 2.24) is 0 Å². The van der Waals surface area contributed by atoms with Crippen molar-refractivity contribution in [3.05, 3.63) is 58.1 Å². The molecule has 0 fully saturated rings. The summed E-state index contributed by atoms with van der Waals surface area (Å²) in [7, 11) is 0. The van der Waals surface area contributed by atoms with Gasteiger partial charge < -0.3 is 0 Å². The molecule has 0 radical (unpaired) electrons. The maximum absolute atomic E-state index is 12.4. The topological polar surface area (TPSA) is 40.9 Å². The number of aryl methyl sites for hydroxylation is 2. The molecule has 0 N–H and O–H groups in total. The van der Waals surface area contributed by atoms with Crippen molar-refractivity contribution in [2.45, 2.75) is 13.8 Å². The summed E-state index contributed by atoms with van der Waals surface area (Å²) in [6.45, 7) is 3.87. The Hall–Kier alpha value is -2.40. The third-order valence-corrected chi connectivity index (χ3v) is 3.34. The first-order chi connectivity index (χ1) is 8.61. The highest BCUT2D eigenvalue weighted by molar-refractivity contribution is 6.22. The van der Waals surface area contributed by atoms with Gasteiger partial charge in [0.15, 0.2) is 5.78 Å². The Balaban J connectivity index is 2.42. The molecule has 0 unspecified atom stereocenters. The molecule has 0 aromatic heterocycles. The van der Waals surface area contributed by atoms with E-state index in [1.807, 2.05) is 44.2 Å². The van der Waals surface area contributed by atoms with Gasteiger partial charge in [-0.25, -0.2) is 0 Å². The van der Waals surface area contributed by atoms with Gasteiger partial charge in [0, 0.05) is 16.7 Å². The van der Waals surface area contributed by atoms with E-state index in [9.17, 15) is 10.1 Å². The first-order valence-electron chi connectivity index (χ1n) is 5.82. The van der Waals surface area contributed by atoms with Crippen LogP contribution in [-0.4, -0.2) is 5.78 Å². The molecular formula is C16H11NO. The van der Waals surface area contributed by atoms with E-state index in [0.29, 0.717) is 16.7 Å². The number of nitrogens with zero attached hydrogens (tertiary/aromatic N) is 1. The van der Waals surface area contributed by atoms with Crippen LogP contribution in [0.1, 0.15) is 32.6 Å². The van der Waals surface area contributed by atoms with Crippen LogP contribution in [-0.2, 0) is 0 Å². The summed E-state index contributed by atoms with van der Waals surface area (Å²) in [6, 6.07) is 11.7. The molecule has 1 aliphatic carbocycles. The van der Waals surface area contributed by atoms with Crippen molar-refractivity contribution < 1.29 is 4.79 Å². The molecule has 0 heterocycles. The van der Waals surface area contributed by atoms with E-state index in [2.05, 4.69) is 6.07 Å². The minimum Gasteiger partial charge on any atom is -0.289 e. The maximum atomic E-state index is 12.4. The molecule has 3 rings (SSSR count). The van der Waals surface area contributed by atoms with Crippen LogP contribution < -0.4 is 0 Å². The van der Waals surface area contributed by atoms with Crippen LogP contribution in [0.4, 0.5) is 0 Å². The molecule has 0 aliphatic heterocycles. The van der Waals surface area contributed by atoms with E-state index >= 15 is 0 Å².